The van der Waals surface area contributed by atoms with E-state index in [1.165, 1.54) is 11.3 Å². The summed E-state index contributed by atoms with van der Waals surface area (Å²) < 4.78 is 23.2. The molecule has 0 atom stereocenters. The molecule has 0 bridgehead atoms. The van der Waals surface area contributed by atoms with Gasteiger partial charge in [0.25, 0.3) is 0 Å². The van der Waals surface area contributed by atoms with Crippen molar-refractivity contribution in [3.8, 4) is 0 Å². The smallest absolute Gasteiger partial charge is 0.303 e. The predicted molar refractivity (Wildman–Crippen MR) is 75.3 cm³/mol. The first-order valence-electron chi connectivity index (χ1n) is 6.16. The van der Waals surface area contributed by atoms with Crippen molar-refractivity contribution in [2.45, 2.75) is 45.3 Å². The van der Waals surface area contributed by atoms with Gasteiger partial charge in [0.2, 0.25) is 0 Å². The molecule has 108 valence electrons. The van der Waals surface area contributed by atoms with E-state index in [-0.39, 0.29) is 23.8 Å². The Hall–Kier alpha value is -0.950. The molecule has 1 N–H and O–H groups in total. The molecule has 0 amide bonds. The molecule has 7 heteroatoms. The lowest BCUT2D eigenvalue weighted by Crippen LogP contribution is -2.06. The van der Waals surface area contributed by atoms with Crippen LogP contribution in [-0.2, 0) is 26.8 Å². The van der Waals surface area contributed by atoms with Crippen molar-refractivity contribution in [2.24, 2.45) is 0 Å². The molecule has 1 aromatic heterocycles. The lowest BCUT2D eigenvalue weighted by Gasteiger charge is -2.03. The Labute approximate surface area is 117 Å². The lowest BCUT2D eigenvalue weighted by molar-refractivity contribution is -0.136. The second-order valence-corrected chi connectivity index (χ2v) is 8.16. The molecule has 0 aliphatic carbocycles. The van der Waals surface area contributed by atoms with Crippen LogP contribution in [0.25, 0.3) is 0 Å². The van der Waals surface area contributed by atoms with E-state index in [0.29, 0.717) is 11.4 Å². The number of carboxylic acid groups (broad SMARTS) is 1. The highest BCUT2D eigenvalue weighted by Gasteiger charge is 2.18. The zero-order valence-corrected chi connectivity index (χ0v) is 13.0. The molecule has 0 radical (unpaired) electrons. The fourth-order valence-electron chi connectivity index (χ4n) is 1.62. The van der Waals surface area contributed by atoms with Crippen LogP contribution in [0.3, 0.4) is 0 Å². The van der Waals surface area contributed by atoms with E-state index in [1.807, 2.05) is 13.8 Å². The normalized spacial score (nSPS) is 12.0. The van der Waals surface area contributed by atoms with Crippen molar-refractivity contribution < 1.29 is 18.3 Å². The summed E-state index contributed by atoms with van der Waals surface area (Å²) in [7, 11) is -3.10. The van der Waals surface area contributed by atoms with Gasteiger partial charge < -0.3 is 5.11 Å². The molecule has 5 nitrogen and oxygen atoms in total. The molecule has 0 aromatic carbocycles. The van der Waals surface area contributed by atoms with Gasteiger partial charge in [-0.05, 0) is 12.3 Å². The van der Waals surface area contributed by atoms with Gasteiger partial charge in [0.15, 0.2) is 9.84 Å². The number of carbonyl (C=O) groups is 1. The third-order valence-corrected chi connectivity index (χ3v) is 5.57. The van der Waals surface area contributed by atoms with E-state index in [1.54, 1.807) is 6.92 Å². The Morgan fingerprint density at radius 3 is 2.53 bits per heavy atom. The summed E-state index contributed by atoms with van der Waals surface area (Å²) in [6.45, 7) is 5.55. The average Bonchev–Trinajstić information content (AvgIpc) is 2.69. The van der Waals surface area contributed by atoms with Crippen LogP contribution in [0.1, 0.15) is 48.7 Å². The molecule has 0 fully saturated rings. The van der Waals surface area contributed by atoms with Crippen molar-refractivity contribution in [1.82, 2.24) is 4.98 Å². The number of thiazole rings is 1. The van der Waals surface area contributed by atoms with E-state index in [4.69, 9.17) is 5.11 Å². The summed E-state index contributed by atoms with van der Waals surface area (Å²) >= 11 is 1.32. The molecule has 0 unspecified atom stereocenters. The SMILES string of the molecule is CCS(=O)(=O)Cc1nc(C(C)C)c(CCC(=O)O)s1. The first-order valence-corrected chi connectivity index (χ1v) is 8.79. The molecule has 0 aliphatic rings. The van der Waals surface area contributed by atoms with Gasteiger partial charge in [0, 0.05) is 10.6 Å². The number of aromatic nitrogens is 1. The molecule has 0 aliphatic heterocycles. The molecule has 0 saturated carbocycles. The predicted octanol–water partition coefficient (Wildman–Crippen LogP) is 2.22. The molecule has 1 heterocycles. The molecule has 0 saturated heterocycles. The maximum Gasteiger partial charge on any atom is 0.303 e. The Morgan fingerprint density at radius 1 is 1.42 bits per heavy atom. The average molecular weight is 305 g/mol. The van der Waals surface area contributed by atoms with Crippen LogP contribution in [-0.4, -0.2) is 30.2 Å². The van der Waals surface area contributed by atoms with Gasteiger partial charge in [-0.15, -0.1) is 11.3 Å². The van der Waals surface area contributed by atoms with E-state index in [2.05, 4.69) is 4.98 Å². The Morgan fingerprint density at radius 2 is 2.05 bits per heavy atom. The van der Waals surface area contributed by atoms with Crippen LogP contribution in [0.5, 0.6) is 0 Å². The van der Waals surface area contributed by atoms with Gasteiger partial charge in [-0.2, -0.15) is 0 Å². The minimum Gasteiger partial charge on any atom is -0.481 e. The minimum absolute atomic E-state index is 0.0435. The number of hydrogen-bond acceptors (Lipinski definition) is 5. The van der Waals surface area contributed by atoms with Gasteiger partial charge in [-0.1, -0.05) is 20.8 Å². The summed E-state index contributed by atoms with van der Waals surface area (Å²) in [5.74, 6) is -0.654. The molecule has 1 rings (SSSR count). The number of rotatable bonds is 7. The van der Waals surface area contributed by atoms with E-state index >= 15 is 0 Å². The summed E-state index contributed by atoms with van der Waals surface area (Å²) in [4.78, 5) is 15.9. The van der Waals surface area contributed by atoms with Crippen LogP contribution in [0.15, 0.2) is 0 Å². The van der Waals surface area contributed by atoms with Crippen molar-refractivity contribution in [3.63, 3.8) is 0 Å². The Bertz CT molecular complexity index is 546. The maximum atomic E-state index is 11.6. The number of carboxylic acids is 1. The van der Waals surface area contributed by atoms with Gasteiger partial charge >= 0.3 is 5.97 Å². The number of aryl methyl sites for hydroxylation is 1. The van der Waals surface area contributed by atoms with Gasteiger partial charge in [-0.3, -0.25) is 4.79 Å². The minimum atomic E-state index is -3.10. The number of sulfone groups is 1. The molecule has 19 heavy (non-hydrogen) atoms. The first-order chi connectivity index (χ1) is 8.75. The second kappa shape index (κ2) is 6.47. The van der Waals surface area contributed by atoms with Gasteiger partial charge in [0.1, 0.15) is 10.8 Å². The quantitative estimate of drug-likeness (QED) is 0.835. The highest BCUT2D eigenvalue weighted by molar-refractivity contribution is 7.90. The standard InChI is InChI=1S/C12H19NO4S2/c1-4-19(16,17)7-10-13-12(8(2)3)9(18-10)5-6-11(14)15/h8H,4-7H2,1-3H3,(H,14,15). The van der Waals surface area contributed by atoms with E-state index in [0.717, 1.165) is 10.6 Å². The van der Waals surface area contributed by atoms with Crippen LogP contribution < -0.4 is 0 Å². The molecule has 0 spiro atoms. The van der Waals surface area contributed by atoms with Crippen molar-refractivity contribution in [3.05, 3.63) is 15.6 Å². The van der Waals surface area contributed by atoms with Crippen molar-refractivity contribution in [1.29, 1.82) is 0 Å². The molecule has 1 aromatic rings. The zero-order valence-electron chi connectivity index (χ0n) is 11.3. The fourth-order valence-corrected chi connectivity index (χ4v) is 4.05. The number of nitrogens with zero attached hydrogens (tertiary/aromatic N) is 1. The topological polar surface area (TPSA) is 84.3 Å². The third kappa shape index (κ3) is 4.91. The first kappa shape index (κ1) is 16.1. The number of aliphatic carboxylic acids is 1. The molecular weight excluding hydrogens is 286 g/mol. The van der Waals surface area contributed by atoms with Crippen molar-refractivity contribution in [2.75, 3.05) is 5.75 Å². The van der Waals surface area contributed by atoms with E-state index < -0.39 is 15.8 Å². The summed E-state index contributed by atoms with van der Waals surface area (Å²) in [6, 6.07) is 0. The summed E-state index contributed by atoms with van der Waals surface area (Å²) in [6.07, 6.45) is 0.453. The van der Waals surface area contributed by atoms with Crippen LogP contribution >= 0.6 is 11.3 Å². The Kier molecular flexibility index (Phi) is 5.49. The lowest BCUT2D eigenvalue weighted by atomic mass is 10.1. The number of hydrogen-bond donors (Lipinski definition) is 1. The highest BCUT2D eigenvalue weighted by atomic mass is 32.2. The maximum absolute atomic E-state index is 11.6. The van der Waals surface area contributed by atoms with Gasteiger partial charge in [0.05, 0.1) is 12.1 Å². The zero-order chi connectivity index (χ0) is 14.6. The Balaban J connectivity index is 2.97. The van der Waals surface area contributed by atoms with E-state index in [9.17, 15) is 13.2 Å². The van der Waals surface area contributed by atoms with Crippen molar-refractivity contribution >= 4 is 27.1 Å². The van der Waals surface area contributed by atoms with Gasteiger partial charge in [-0.25, -0.2) is 13.4 Å². The van der Waals surface area contributed by atoms with Crippen LogP contribution in [0.4, 0.5) is 0 Å². The van der Waals surface area contributed by atoms with Crippen LogP contribution in [0, 0.1) is 0 Å². The monoisotopic (exact) mass is 305 g/mol. The summed E-state index contributed by atoms with van der Waals surface area (Å²) in [5, 5.41) is 9.28. The third-order valence-electron chi connectivity index (χ3n) is 2.67. The summed E-state index contributed by atoms with van der Waals surface area (Å²) in [5.41, 5.74) is 0.826. The largest absolute Gasteiger partial charge is 0.481 e. The fraction of sp³-hybridized carbons (Fsp3) is 0.667. The second-order valence-electron chi connectivity index (χ2n) is 4.64. The molecular formula is C12H19NO4S2. The highest BCUT2D eigenvalue weighted by Crippen LogP contribution is 2.27. The van der Waals surface area contributed by atoms with Crippen LogP contribution in [0.2, 0.25) is 0 Å².